The molecule has 0 aromatic rings. The molecule has 0 bridgehead atoms. The Labute approximate surface area is 144 Å². The van der Waals surface area contributed by atoms with E-state index in [-0.39, 0.29) is 5.75 Å². The van der Waals surface area contributed by atoms with Crippen LogP contribution in [0.3, 0.4) is 0 Å². The summed E-state index contributed by atoms with van der Waals surface area (Å²) in [4.78, 5) is 1.33. The Kier molecular flexibility index (Phi) is 15.3. The Morgan fingerprint density at radius 3 is 1.52 bits per heavy atom. The van der Waals surface area contributed by atoms with Gasteiger partial charge in [0.15, 0.2) is 0 Å². The summed E-state index contributed by atoms with van der Waals surface area (Å²) in [6.45, 7) is 4.12. The molecule has 0 amide bonds. The molecular weight excluding hydrogens is 310 g/mol. The fraction of sp³-hybridized carbons (Fsp3) is 1.00. The second-order valence-corrected chi connectivity index (χ2v) is 8.49. The van der Waals surface area contributed by atoms with E-state index in [9.17, 15) is 13.0 Å². The fourth-order valence-electron chi connectivity index (χ4n) is 2.94. The number of hydrogen-bond acceptors (Lipinski definition) is 3. The first-order valence-corrected chi connectivity index (χ1v) is 11.3. The number of rotatable bonds is 17. The van der Waals surface area contributed by atoms with E-state index in [1.165, 1.54) is 81.9 Å². The van der Waals surface area contributed by atoms with Gasteiger partial charge in [-0.15, -0.1) is 0 Å². The summed E-state index contributed by atoms with van der Waals surface area (Å²) in [6.07, 6.45) is 16.7. The van der Waals surface area contributed by atoms with Crippen LogP contribution in [-0.2, 0) is 10.1 Å². The quantitative estimate of drug-likeness (QED) is 0.324. The summed E-state index contributed by atoms with van der Waals surface area (Å²) in [5, 5.41) is 0. The number of quaternary nitrogens is 1. The molecule has 0 aromatic carbocycles. The van der Waals surface area contributed by atoms with Crippen molar-refractivity contribution in [1.82, 2.24) is 0 Å². The Bertz CT molecular complexity index is 344. The van der Waals surface area contributed by atoms with Crippen molar-refractivity contribution in [1.29, 1.82) is 0 Å². The smallest absolute Gasteiger partial charge is 0.0948 e. The normalized spacial score (nSPS) is 13.3. The molecule has 140 valence electrons. The molecule has 0 aliphatic carbocycles. The number of nitrogens with one attached hydrogen (secondary N) is 1. The lowest BCUT2D eigenvalue weighted by molar-refractivity contribution is -0.879. The van der Waals surface area contributed by atoms with Crippen molar-refractivity contribution in [2.24, 2.45) is 0 Å². The van der Waals surface area contributed by atoms with Crippen LogP contribution in [0, 0.1) is 0 Å². The molecule has 4 nitrogen and oxygen atoms in total. The van der Waals surface area contributed by atoms with Gasteiger partial charge >= 0.3 is 0 Å². The van der Waals surface area contributed by atoms with E-state index in [1.807, 2.05) is 0 Å². The molecule has 0 aromatic heterocycles. The summed E-state index contributed by atoms with van der Waals surface area (Å²) in [6, 6.07) is 0. The molecule has 23 heavy (non-hydrogen) atoms. The summed E-state index contributed by atoms with van der Waals surface area (Å²) in [7, 11) is -1.95. The molecule has 0 rings (SSSR count). The van der Waals surface area contributed by atoms with Crippen LogP contribution in [0.2, 0.25) is 0 Å². The fourth-order valence-corrected chi connectivity index (χ4v) is 3.44. The topological polar surface area (TPSA) is 61.6 Å². The van der Waals surface area contributed by atoms with Gasteiger partial charge in [-0.05, 0) is 12.8 Å². The van der Waals surface area contributed by atoms with E-state index in [0.717, 1.165) is 13.1 Å². The van der Waals surface area contributed by atoms with Gasteiger partial charge in [0.2, 0.25) is 0 Å². The lowest BCUT2D eigenvalue weighted by Gasteiger charge is -2.14. The predicted molar refractivity (Wildman–Crippen MR) is 96.9 cm³/mol. The second-order valence-electron chi connectivity index (χ2n) is 6.96. The number of hydrogen-bond donors (Lipinski definition) is 1. The summed E-state index contributed by atoms with van der Waals surface area (Å²) < 4.78 is 31.6. The molecule has 0 fully saturated rings. The average Bonchev–Trinajstić information content (AvgIpc) is 2.47. The van der Waals surface area contributed by atoms with Crippen molar-refractivity contribution >= 4 is 10.1 Å². The SMILES string of the molecule is CCCCCCCCCCCCCC[NH+](C)CCCS(=O)(=O)[O-]. The highest BCUT2D eigenvalue weighted by molar-refractivity contribution is 7.85. The third-order valence-electron chi connectivity index (χ3n) is 4.45. The Morgan fingerprint density at radius 2 is 1.09 bits per heavy atom. The zero-order valence-electron chi connectivity index (χ0n) is 15.4. The molecule has 0 saturated heterocycles. The molecule has 5 heteroatoms. The highest BCUT2D eigenvalue weighted by Crippen LogP contribution is 2.11. The van der Waals surface area contributed by atoms with Gasteiger partial charge in [-0.2, -0.15) is 0 Å². The van der Waals surface area contributed by atoms with Gasteiger partial charge in [0.25, 0.3) is 0 Å². The maximum atomic E-state index is 10.5. The van der Waals surface area contributed by atoms with Crippen molar-refractivity contribution in [3.05, 3.63) is 0 Å². The maximum Gasteiger partial charge on any atom is 0.0948 e. The predicted octanol–water partition coefficient (Wildman–Crippen LogP) is 3.14. The van der Waals surface area contributed by atoms with Gasteiger partial charge < -0.3 is 9.45 Å². The van der Waals surface area contributed by atoms with Crippen LogP contribution in [0.25, 0.3) is 0 Å². The van der Waals surface area contributed by atoms with Gasteiger partial charge in [0.05, 0.1) is 30.3 Å². The third-order valence-corrected chi connectivity index (χ3v) is 5.24. The van der Waals surface area contributed by atoms with Gasteiger partial charge in [-0.1, -0.05) is 71.1 Å². The van der Waals surface area contributed by atoms with Crippen LogP contribution in [0.1, 0.15) is 90.4 Å². The van der Waals surface area contributed by atoms with E-state index in [0.29, 0.717) is 6.42 Å². The van der Waals surface area contributed by atoms with E-state index in [4.69, 9.17) is 0 Å². The lowest BCUT2D eigenvalue weighted by atomic mass is 10.1. The molecule has 0 aliphatic heterocycles. The summed E-state index contributed by atoms with van der Waals surface area (Å²) in [5.74, 6) is -0.219. The van der Waals surface area contributed by atoms with E-state index < -0.39 is 10.1 Å². The van der Waals surface area contributed by atoms with Crippen LogP contribution < -0.4 is 4.90 Å². The summed E-state index contributed by atoms with van der Waals surface area (Å²) >= 11 is 0. The van der Waals surface area contributed by atoms with Gasteiger partial charge in [0.1, 0.15) is 0 Å². The molecule has 1 atom stereocenters. The molecule has 1 unspecified atom stereocenters. The molecular formula is C18H39NO3S. The first kappa shape index (κ1) is 22.9. The molecule has 0 saturated carbocycles. The zero-order valence-corrected chi connectivity index (χ0v) is 16.3. The van der Waals surface area contributed by atoms with Crippen molar-refractivity contribution in [2.45, 2.75) is 90.4 Å². The lowest BCUT2D eigenvalue weighted by Crippen LogP contribution is -3.09. The Morgan fingerprint density at radius 1 is 0.696 bits per heavy atom. The monoisotopic (exact) mass is 349 g/mol. The van der Waals surface area contributed by atoms with Crippen LogP contribution in [0.5, 0.6) is 0 Å². The standard InChI is InChI=1S/C18H39NO3S/c1-3-4-5-6-7-8-9-10-11-12-13-14-16-19(2)17-15-18-23(20,21)22/h3-18H2,1-2H3,(H,20,21,22). The minimum atomic E-state index is -4.03. The highest BCUT2D eigenvalue weighted by Gasteiger charge is 2.03. The molecule has 0 aliphatic rings. The van der Waals surface area contributed by atoms with Gasteiger partial charge in [-0.3, -0.25) is 0 Å². The molecule has 0 spiro atoms. The summed E-state index contributed by atoms with van der Waals surface area (Å²) in [5.41, 5.74) is 0. The maximum absolute atomic E-state index is 10.5. The van der Waals surface area contributed by atoms with Gasteiger partial charge in [-0.25, -0.2) is 8.42 Å². The highest BCUT2D eigenvalue weighted by atomic mass is 32.2. The minimum absolute atomic E-state index is 0.219. The molecule has 1 N–H and O–H groups in total. The molecule has 0 heterocycles. The number of unbranched alkanes of at least 4 members (excludes halogenated alkanes) is 11. The largest absolute Gasteiger partial charge is 0.748 e. The third kappa shape index (κ3) is 19.8. The Hall–Kier alpha value is -0.130. The minimum Gasteiger partial charge on any atom is -0.748 e. The first-order chi connectivity index (χ1) is 11.0. The second kappa shape index (κ2) is 15.4. The van der Waals surface area contributed by atoms with Crippen LogP contribution in [-0.4, -0.2) is 38.9 Å². The zero-order chi connectivity index (χ0) is 17.4. The van der Waals surface area contributed by atoms with Crippen LogP contribution >= 0.6 is 0 Å². The van der Waals surface area contributed by atoms with E-state index in [1.54, 1.807) is 0 Å². The molecule has 0 radical (unpaired) electrons. The van der Waals surface area contributed by atoms with Crippen LogP contribution in [0.4, 0.5) is 0 Å². The average molecular weight is 350 g/mol. The van der Waals surface area contributed by atoms with Crippen molar-refractivity contribution in [3.8, 4) is 0 Å². The van der Waals surface area contributed by atoms with Crippen LogP contribution in [0.15, 0.2) is 0 Å². The van der Waals surface area contributed by atoms with Crippen molar-refractivity contribution in [2.75, 3.05) is 25.9 Å². The van der Waals surface area contributed by atoms with E-state index in [2.05, 4.69) is 14.0 Å². The van der Waals surface area contributed by atoms with Crippen molar-refractivity contribution < 1.29 is 17.9 Å². The van der Waals surface area contributed by atoms with Crippen molar-refractivity contribution in [3.63, 3.8) is 0 Å². The first-order valence-electron chi connectivity index (χ1n) is 9.70. The Balaban J connectivity index is 3.20. The van der Waals surface area contributed by atoms with E-state index >= 15 is 0 Å². The van der Waals surface area contributed by atoms with Gasteiger partial charge in [0, 0.05) is 12.2 Å².